The van der Waals surface area contributed by atoms with E-state index in [0.717, 1.165) is 48.1 Å². The minimum absolute atomic E-state index is 0.342. The molecule has 0 bridgehead atoms. The lowest BCUT2D eigenvalue weighted by atomic mass is 10.00. The number of allylic oxidation sites excluding steroid dienone is 2. The number of para-hydroxylation sites is 1. The quantitative estimate of drug-likeness (QED) is 0.236. The van der Waals surface area contributed by atoms with Crippen LogP contribution in [-0.2, 0) is 14.3 Å². The number of carbonyl (C=O) groups excluding carboxylic acids is 1. The van der Waals surface area contributed by atoms with Crippen molar-refractivity contribution < 1.29 is 14.3 Å². The Morgan fingerprint density at radius 2 is 1.84 bits per heavy atom. The van der Waals surface area contributed by atoms with E-state index >= 15 is 0 Å². The van der Waals surface area contributed by atoms with E-state index in [1.165, 1.54) is 12.5 Å². The second-order valence-electron chi connectivity index (χ2n) is 7.29. The fraction of sp³-hybridized carbons (Fsp3) is 0.308. The highest BCUT2D eigenvalue weighted by Gasteiger charge is 2.27. The van der Waals surface area contributed by atoms with Crippen molar-refractivity contribution in [3.05, 3.63) is 82.4 Å². The van der Waals surface area contributed by atoms with Crippen LogP contribution in [0.2, 0.25) is 5.02 Å². The third kappa shape index (κ3) is 6.31. The van der Waals surface area contributed by atoms with E-state index in [0.29, 0.717) is 23.3 Å². The number of carbonyl (C=O) groups is 1. The number of halogens is 1. The van der Waals surface area contributed by atoms with Gasteiger partial charge in [-0.05, 0) is 61.7 Å². The molecule has 2 aromatic rings. The van der Waals surface area contributed by atoms with Gasteiger partial charge in [0.05, 0.1) is 12.3 Å². The van der Waals surface area contributed by atoms with Gasteiger partial charge in [-0.15, -0.1) is 0 Å². The summed E-state index contributed by atoms with van der Waals surface area (Å²) in [6.07, 6.45) is 8.51. The smallest absolute Gasteiger partial charge is 0.330 e. The topological polar surface area (TPSA) is 47.9 Å². The van der Waals surface area contributed by atoms with Crippen LogP contribution in [-0.4, -0.2) is 18.5 Å². The van der Waals surface area contributed by atoms with Crippen molar-refractivity contribution in [1.82, 2.24) is 0 Å². The molecule has 0 radical (unpaired) electrons. The summed E-state index contributed by atoms with van der Waals surface area (Å²) >= 11 is 6.31. The van der Waals surface area contributed by atoms with E-state index in [2.05, 4.69) is 6.92 Å². The highest BCUT2D eigenvalue weighted by Crippen LogP contribution is 2.37. The van der Waals surface area contributed by atoms with E-state index in [4.69, 9.17) is 26.1 Å². The van der Waals surface area contributed by atoms with Crippen molar-refractivity contribution in [2.24, 2.45) is 4.99 Å². The van der Waals surface area contributed by atoms with Crippen LogP contribution in [0, 0.1) is 0 Å². The van der Waals surface area contributed by atoms with E-state index < -0.39 is 0 Å². The molecular formula is C26H28ClNO3. The van der Waals surface area contributed by atoms with Gasteiger partial charge in [0.2, 0.25) is 5.90 Å². The Labute approximate surface area is 189 Å². The molecule has 0 unspecified atom stereocenters. The largest absolute Gasteiger partial charge is 0.463 e. The zero-order valence-electron chi connectivity index (χ0n) is 18.1. The van der Waals surface area contributed by atoms with Gasteiger partial charge in [0.25, 0.3) is 0 Å². The van der Waals surface area contributed by atoms with Gasteiger partial charge >= 0.3 is 5.97 Å². The number of aliphatic imine (C=N–C) groups is 1. The average molecular weight is 438 g/mol. The highest BCUT2D eigenvalue weighted by molar-refractivity contribution is 6.31. The summed E-state index contributed by atoms with van der Waals surface area (Å²) in [5, 5.41) is 0.625. The van der Waals surface area contributed by atoms with Crippen molar-refractivity contribution in [1.29, 1.82) is 0 Å². The predicted molar refractivity (Wildman–Crippen MR) is 127 cm³/mol. The molecule has 0 amide bonds. The Hall–Kier alpha value is -2.85. The summed E-state index contributed by atoms with van der Waals surface area (Å²) in [5.74, 6) is 0.865. The fourth-order valence-electron chi connectivity index (χ4n) is 3.41. The van der Waals surface area contributed by atoms with Crippen LogP contribution in [0.3, 0.4) is 0 Å². The van der Waals surface area contributed by atoms with Gasteiger partial charge in [-0.3, -0.25) is 0 Å². The summed E-state index contributed by atoms with van der Waals surface area (Å²) < 4.78 is 11.3. The normalized spacial score (nSPS) is 15.8. The molecule has 4 nitrogen and oxygen atoms in total. The van der Waals surface area contributed by atoms with E-state index in [9.17, 15) is 4.79 Å². The van der Waals surface area contributed by atoms with Crippen LogP contribution in [0.5, 0.6) is 0 Å². The fourth-order valence-corrected chi connectivity index (χ4v) is 3.58. The lowest BCUT2D eigenvalue weighted by molar-refractivity contribution is -0.137. The lowest BCUT2D eigenvalue weighted by Crippen LogP contribution is -2.00. The molecule has 1 heterocycles. The predicted octanol–water partition coefficient (Wildman–Crippen LogP) is 7.25. The molecule has 0 N–H and O–H groups in total. The molecule has 5 heteroatoms. The monoisotopic (exact) mass is 437 g/mol. The summed E-state index contributed by atoms with van der Waals surface area (Å²) in [6.45, 7) is 4.32. The second kappa shape index (κ2) is 11.5. The van der Waals surface area contributed by atoms with Gasteiger partial charge in [-0.25, -0.2) is 9.79 Å². The number of ether oxygens (including phenoxy) is 2. The molecule has 0 saturated carbocycles. The number of rotatable bonds is 9. The SMILES string of the molecule is CCCCCCC(/C=C/C(=O)OCC)=C1\OC(=Nc2ccccc2)c2ccc(Cl)cc21. The maximum atomic E-state index is 11.9. The summed E-state index contributed by atoms with van der Waals surface area (Å²) in [7, 11) is 0. The van der Waals surface area contributed by atoms with Crippen LogP contribution in [0.25, 0.3) is 5.76 Å². The number of unbranched alkanes of at least 4 members (excludes halogenated alkanes) is 3. The molecule has 0 aromatic heterocycles. The first-order valence-corrected chi connectivity index (χ1v) is 11.2. The molecule has 1 aliphatic heterocycles. The number of benzene rings is 2. The molecule has 0 fully saturated rings. The number of hydrogen-bond acceptors (Lipinski definition) is 4. The van der Waals surface area contributed by atoms with Crippen LogP contribution >= 0.6 is 11.6 Å². The Balaban J connectivity index is 2.02. The Morgan fingerprint density at radius 1 is 1.03 bits per heavy atom. The maximum Gasteiger partial charge on any atom is 0.330 e. The second-order valence-corrected chi connectivity index (χ2v) is 7.73. The third-order valence-corrected chi connectivity index (χ3v) is 5.18. The number of esters is 1. The molecular weight excluding hydrogens is 410 g/mol. The number of hydrogen-bond donors (Lipinski definition) is 0. The molecule has 2 aromatic carbocycles. The van der Waals surface area contributed by atoms with E-state index in [1.54, 1.807) is 13.0 Å². The number of fused-ring (bicyclic) bond motifs is 1. The Morgan fingerprint density at radius 3 is 2.58 bits per heavy atom. The van der Waals surface area contributed by atoms with Gasteiger partial charge in [-0.1, -0.05) is 56.0 Å². The average Bonchev–Trinajstić information content (AvgIpc) is 3.11. The minimum Gasteiger partial charge on any atom is -0.463 e. The molecule has 0 aliphatic carbocycles. The van der Waals surface area contributed by atoms with Crippen molar-refractivity contribution >= 4 is 34.9 Å². The molecule has 0 atom stereocenters. The molecule has 31 heavy (non-hydrogen) atoms. The van der Waals surface area contributed by atoms with Crippen LogP contribution < -0.4 is 0 Å². The van der Waals surface area contributed by atoms with Crippen LogP contribution in [0.15, 0.2) is 71.2 Å². The lowest BCUT2D eigenvalue weighted by Gasteiger charge is -2.08. The summed E-state index contributed by atoms with van der Waals surface area (Å²) in [4.78, 5) is 16.6. The first kappa shape index (κ1) is 22.8. The standard InChI is InChI=1S/C26H28ClNO3/c1-3-5-6-8-11-19(14-17-24(29)30-4-2)25-23-18-20(27)15-16-22(23)26(31-25)28-21-12-9-7-10-13-21/h7,9-10,12-18H,3-6,8,11H2,1-2H3/b17-14+,25-19+,28-26?. The van der Waals surface area contributed by atoms with E-state index in [1.807, 2.05) is 48.5 Å². The van der Waals surface area contributed by atoms with Gasteiger partial charge in [0.15, 0.2) is 0 Å². The minimum atomic E-state index is -0.364. The van der Waals surface area contributed by atoms with Crippen LogP contribution in [0.4, 0.5) is 5.69 Å². The Bertz CT molecular complexity index is 993. The molecule has 0 spiro atoms. The maximum absolute atomic E-state index is 11.9. The summed E-state index contributed by atoms with van der Waals surface area (Å²) in [6, 6.07) is 15.3. The van der Waals surface area contributed by atoms with E-state index in [-0.39, 0.29) is 5.97 Å². The van der Waals surface area contributed by atoms with Crippen molar-refractivity contribution in [3.63, 3.8) is 0 Å². The zero-order valence-corrected chi connectivity index (χ0v) is 18.8. The molecule has 162 valence electrons. The van der Waals surface area contributed by atoms with Crippen molar-refractivity contribution in [2.75, 3.05) is 6.61 Å². The molecule has 0 saturated heterocycles. The number of nitrogens with zero attached hydrogens (tertiary/aromatic N) is 1. The molecule has 1 aliphatic rings. The van der Waals surface area contributed by atoms with Gasteiger partial charge in [0, 0.05) is 22.2 Å². The van der Waals surface area contributed by atoms with Gasteiger partial charge in [0.1, 0.15) is 5.76 Å². The zero-order chi connectivity index (χ0) is 22.1. The van der Waals surface area contributed by atoms with Crippen LogP contribution in [0.1, 0.15) is 57.1 Å². The first-order chi connectivity index (χ1) is 15.1. The van der Waals surface area contributed by atoms with Crippen molar-refractivity contribution in [3.8, 4) is 0 Å². The third-order valence-electron chi connectivity index (χ3n) is 4.94. The van der Waals surface area contributed by atoms with Gasteiger partial charge in [-0.2, -0.15) is 0 Å². The van der Waals surface area contributed by atoms with Gasteiger partial charge < -0.3 is 9.47 Å². The molecule has 3 rings (SSSR count). The van der Waals surface area contributed by atoms with Crippen molar-refractivity contribution in [2.45, 2.75) is 46.0 Å². The Kier molecular flexibility index (Phi) is 8.48. The summed E-state index contributed by atoms with van der Waals surface area (Å²) in [5.41, 5.74) is 3.53. The highest BCUT2D eigenvalue weighted by atomic mass is 35.5. The first-order valence-electron chi connectivity index (χ1n) is 10.8.